The number of ether oxygens (including phenoxy) is 1. The van der Waals surface area contributed by atoms with Gasteiger partial charge < -0.3 is 15.4 Å². The zero-order chi connectivity index (χ0) is 18.2. The number of allylic oxidation sites excluding steroid dienone is 3. The highest BCUT2D eigenvalue weighted by molar-refractivity contribution is 5.86. The molecule has 2 atom stereocenters. The van der Waals surface area contributed by atoms with Crippen LogP contribution < -0.4 is 15.4 Å². The van der Waals surface area contributed by atoms with Crippen molar-refractivity contribution in [3.05, 3.63) is 53.9 Å². The first kappa shape index (κ1) is 18.7. The number of carbonyl (C=O) groups is 2. The Labute approximate surface area is 146 Å². The van der Waals surface area contributed by atoms with E-state index in [2.05, 4.69) is 10.6 Å². The topological polar surface area (TPSA) is 67.4 Å². The Balaban J connectivity index is 1.77. The molecule has 25 heavy (non-hydrogen) atoms. The van der Waals surface area contributed by atoms with Gasteiger partial charge in [-0.2, -0.15) is 0 Å². The second-order valence-electron chi connectivity index (χ2n) is 6.04. The van der Waals surface area contributed by atoms with Gasteiger partial charge in [0.25, 0.3) is 0 Å². The minimum Gasteiger partial charge on any atom is -0.493 e. The van der Waals surface area contributed by atoms with E-state index in [0.29, 0.717) is 18.9 Å². The van der Waals surface area contributed by atoms with Gasteiger partial charge in [-0.05, 0) is 43.2 Å². The zero-order valence-corrected chi connectivity index (χ0v) is 14.4. The molecule has 1 unspecified atom stereocenters. The Morgan fingerprint density at radius 3 is 2.68 bits per heavy atom. The SMILES string of the molecule is CC(=O)N[C@H](C)C(=O)NCc1ccc(OCC2C=C(F)C=CC2)cc1. The van der Waals surface area contributed by atoms with E-state index in [0.717, 1.165) is 12.0 Å². The molecule has 0 radical (unpaired) electrons. The summed E-state index contributed by atoms with van der Waals surface area (Å²) in [7, 11) is 0. The van der Waals surface area contributed by atoms with Crippen molar-refractivity contribution < 1.29 is 18.7 Å². The fourth-order valence-corrected chi connectivity index (χ4v) is 2.44. The number of hydrogen-bond acceptors (Lipinski definition) is 3. The van der Waals surface area contributed by atoms with Gasteiger partial charge in [0.2, 0.25) is 11.8 Å². The van der Waals surface area contributed by atoms with Crippen LogP contribution in [0.5, 0.6) is 5.75 Å². The van der Waals surface area contributed by atoms with Gasteiger partial charge in [-0.3, -0.25) is 9.59 Å². The highest BCUT2D eigenvalue weighted by atomic mass is 19.1. The number of nitrogens with one attached hydrogen (secondary N) is 2. The van der Waals surface area contributed by atoms with Crippen molar-refractivity contribution in [1.82, 2.24) is 10.6 Å². The highest BCUT2D eigenvalue weighted by Crippen LogP contribution is 2.20. The molecule has 6 heteroatoms. The number of carbonyl (C=O) groups excluding carboxylic acids is 2. The second-order valence-corrected chi connectivity index (χ2v) is 6.04. The number of amides is 2. The Morgan fingerprint density at radius 1 is 1.32 bits per heavy atom. The van der Waals surface area contributed by atoms with Crippen LogP contribution in [0.15, 0.2) is 48.3 Å². The molecule has 0 saturated heterocycles. The molecular formula is C19H23FN2O3. The molecule has 0 heterocycles. The minimum atomic E-state index is -0.571. The fraction of sp³-hybridized carbons (Fsp3) is 0.368. The molecule has 2 N–H and O–H groups in total. The summed E-state index contributed by atoms with van der Waals surface area (Å²) in [5, 5.41) is 5.29. The van der Waals surface area contributed by atoms with Crippen molar-refractivity contribution in [2.75, 3.05) is 6.61 Å². The van der Waals surface area contributed by atoms with Crippen molar-refractivity contribution in [2.45, 2.75) is 32.9 Å². The second kappa shape index (κ2) is 9.01. The maximum atomic E-state index is 13.2. The van der Waals surface area contributed by atoms with E-state index in [1.54, 1.807) is 19.1 Å². The summed E-state index contributed by atoms with van der Waals surface area (Å²) < 4.78 is 18.8. The summed E-state index contributed by atoms with van der Waals surface area (Å²) in [5.41, 5.74) is 0.919. The molecule has 0 spiro atoms. The van der Waals surface area contributed by atoms with Crippen LogP contribution in [0.4, 0.5) is 4.39 Å². The van der Waals surface area contributed by atoms with Crippen molar-refractivity contribution >= 4 is 11.8 Å². The lowest BCUT2D eigenvalue weighted by Crippen LogP contribution is -2.43. The molecule has 1 aliphatic rings. The zero-order valence-electron chi connectivity index (χ0n) is 14.4. The number of halogens is 1. The van der Waals surface area contributed by atoms with E-state index in [4.69, 9.17) is 4.74 Å². The minimum absolute atomic E-state index is 0.0410. The molecule has 1 aromatic carbocycles. The predicted octanol–water partition coefficient (Wildman–Crippen LogP) is 2.64. The third kappa shape index (κ3) is 6.41. The Morgan fingerprint density at radius 2 is 2.04 bits per heavy atom. The molecule has 0 aromatic heterocycles. The van der Waals surface area contributed by atoms with Gasteiger partial charge in [0.1, 0.15) is 17.6 Å². The standard InChI is InChI=1S/C19H23FN2O3/c1-13(22-14(2)23)19(24)21-11-15-6-8-18(9-7-15)25-12-16-4-3-5-17(20)10-16/h3,5-10,13,16H,4,11-12H2,1-2H3,(H,21,24)(H,22,23)/t13-,16?/m1/s1. The van der Waals surface area contributed by atoms with Gasteiger partial charge in [-0.25, -0.2) is 4.39 Å². The monoisotopic (exact) mass is 346 g/mol. The lowest BCUT2D eigenvalue weighted by molar-refractivity contribution is -0.127. The Bertz CT molecular complexity index is 668. The van der Waals surface area contributed by atoms with Gasteiger partial charge in [0.05, 0.1) is 6.61 Å². The summed E-state index contributed by atoms with van der Waals surface area (Å²) in [5.74, 6) is 0.0331. The first-order chi connectivity index (χ1) is 11.9. The van der Waals surface area contributed by atoms with E-state index < -0.39 is 6.04 Å². The third-order valence-corrected chi connectivity index (χ3v) is 3.78. The molecule has 2 rings (SSSR count). The van der Waals surface area contributed by atoms with E-state index in [9.17, 15) is 14.0 Å². The Hall–Kier alpha value is -2.63. The summed E-state index contributed by atoms with van der Waals surface area (Å²) >= 11 is 0. The van der Waals surface area contributed by atoms with Crippen molar-refractivity contribution in [1.29, 1.82) is 0 Å². The molecule has 0 bridgehead atoms. The van der Waals surface area contributed by atoms with Crippen molar-refractivity contribution in [2.24, 2.45) is 5.92 Å². The molecule has 0 saturated carbocycles. The smallest absolute Gasteiger partial charge is 0.242 e. The van der Waals surface area contributed by atoms with Crippen LogP contribution in [0.2, 0.25) is 0 Å². The average Bonchev–Trinajstić information content (AvgIpc) is 2.58. The quantitative estimate of drug-likeness (QED) is 0.798. The van der Waals surface area contributed by atoms with Crippen LogP contribution in [-0.4, -0.2) is 24.5 Å². The predicted molar refractivity (Wildman–Crippen MR) is 93.5 cm³/mol. The van der Waals surface area contributed by atoms with Gasteiger partial charge in [-0.1, -0.05) is 18.2 Å². The molecule has 1 aromatic rings. The first-order valence-electron chi connectivity index (χ1n) is 8.24. The van der Waals surface area contributed by atoms with E-state index >= 15 is 0 Å². The number of hydrogen-bond donors (Lipinski definition) is 2. The van der Waals surface area contributed by atoms with Crippen molar-refractivity contribution in [3.8, 4) is 5.75 Å². The van der Waals surface area contributed by atoms with Gasteiger partial charge >= 0.3 is 0 Å². The van der Waals surface area contributed by atoms with Crippen molar-refractivity contribution in [3.63, 3.8) is 0 Å². The van der Waals surface area contributed by atoms with E-state index in [1.807, 2.05) is 24.3 Å². The summed E-state index contributed by atoms with van der Waals surface area (Å²) in [6, 6.07) is 6.78. The fourth-order valence-electron chi connectivity index (χ4n) is 2.44. The van der Waals surface area contributed by atoms with Crippen LogP contribution in [0.25, 0.3) is 0 Å². The largest absolute Gasteiger partial charge is 0.493 e. The summed E-state index contributed by atoms with van der Waals surface area (Å²) in [4.78, 5) is 22.8. The van der Waals surface area contributed by atoms with Gasteiger partial charge in [0, 0.05) is 19.4 Å². The van der Waals surface area contributed by atoms with Gasteiger partial charge in [-0.15, -0.1) is 0 Å². The maximum Gasteiger partial charge on any atom is 0.242 e. The van der Waals surface area contributed by atoms with Gasteiger partial charge in [0.15, 0.2) is 0 Å². The third-order valence-electron chi connectivity index (χ3n) is 3.78. The summed E-state index contributed by atoms with van der Waals surface area (Å²) in [6.45, 7) is 3.79. The van der Waals surface area contributed by atoms with Crippen LogP contribution in [0.1, 0.15) is 25.8 Å². The van der Waals surface area contributed by atoms with Crippen LogP contribution in [0.3, 0.4) is 0 Å². The molecule has 0 aliphatic heterocycles. The summed E-state index contributed by atoms with van der Waals surface area (Å²) in [6.07, 6.45) is 5.60. The van der Waals surface area contributed by atoms with Crippen LogP contribution >= 0.6 is 0 Å². The maximum absolute atomic E-state index is 13.2. The molecule has 0 fully saturated rings. The van der Waals surface area contributed by atoms with Crippen LogP contribution in [0, 0.1) is 5.92 Å². The lowest BCUT2D eigenvalue weighted by Gasteiger charge is -2.15. The number of rotatable bonds is 7. The first-order valence-corrected chi connectivity index (χ1v) is 8.24. The highest BCUT2D eigenvalue weighted by Gasteiger charge is 2.13. The molecular weight excluding hydrogens is 323 g/mol. The van der Waals surface area contributed by atoms with Crippen LogP contribution in [-0.2, 0) is 16.1 Å². The molecule has 134 valence electrons. The molecule has 5 nitrogen and oxygen atoms in total. The van der Waals surface area contributed by atoms with E-state index in [1.165, 1.54) is 13.0 Å². The number of benzene rings is 1. The average molecular weight is 346 g/mol. The molecule has 2 amide bonds. The molecule has 1 aliphatic carbocycles. The Kier molecular flexibility index (Phi) is 6.74. The van der Waals surface area contributed by atoms with E-state index in [-0.39, 0.29) is 23.6 Å². The normalized spacial score (nSPS) is 17.4. The lowest BCUT2D eigenvalue weighted by atomic mass is 10.0.